The number of carbonyl (C=O) groups is 3. The van der Waals surface area contributed by atoms with Gasteiger partial charge in [-0.1, -0.05) is 58.5 Å². The number of aromatic nitrogens is 1. The molecule has 45 heavy (non-hydrogen) atoms. The van der Waals surface area contributed by atoms with E-state index in [1.54, 1.807) is 29.2 Å². The Morgan fingerprint density at radius 3 is 2.11 bits per heavy atom. The number of hydrogen-bond acceptors (Lipinski definition) is 7. The van der Waals surface area contributed by atoms with Crippen molar-refractivity contribution in [2.75, 3.05) is 25.0 Å². The van der Waals surface area contributed by atoms with Gasteiger partial charge in [-0.25, -0.2) is 13.2 Å². The molecule has 3 heterocycles. The molecule has 11 nitrogen and oxygen atoms in total. The van der Waals surface area contributed by atoms with Crippen molar-refractivity contribution in [2.45, 2.75) is 42.3 Å². The number of sulfonamides is 1. The van der Waals surface area contributed by atoms with Gasteiger partial charge in [0.05, 0.1) is 20.5 Å². The molecule has 1 aromatic heterocycles. The van der Waals surface area contributed by atoms with Gasteiger partial charge in [0.15, 0.2) is 5.66 Å². The summed E-state index contributed by atoms with van der Waals surface area (Å²) in [7, 11) is -4.25. The number of hydrogen-bond donors (Lipinski definition) is 3. The van der Waals surface area contributed by atoms with Crippen molar-refractivity contribution in [3.63, 3.8) is 0 Å². The lowest BCUT2D eigenvalue weighted by Crippen LogP contribution is -2.70. The molecule has 0 radical (unpaired) electrons. The number of likely N-dealkylation sites (tertiary alicyclic amines) is 1. The number of nitrogens with zero attached hydrogens (tertiary/aromatic N) is 3. The van der Waals surface area contributed by atoms with Gasteiger partial charge in [0, 0.05) is 54.2 Å². The van der Waals surface area contributed by atoms with E-state index >= 15 is 0 Å². The molecule has 2 unspecified atom stereocenters. The minimum atomic E-state index is -4.25. The molecular weight excluding hydrogens is 688 g/mol. The first-order valence-electron chi connectivity index (χ1n) is 13.8. The van der Waals surface area contributed by atoms with Gasteiger partial charge < -0.3 is 15.7 Å². The highest BCUT2D eigenvalue weighted by atomic mass is 35.5. The number of pyridine rings is 1. The van der Waals surface area contributed by atoms with E-state index in [0.717, 1.165) is 10.7 Å². The number of rotatable bonds is 10. The molecule has 2 atom stereocenters. The minimum absolute atomic E-state index is 0.0528. The third-order valence-corrected chi connectivity index (χ3v) is 10.7. The maximum absolute atomic E-state index is 14.0. The van der Waals surface area contributed by atoms with Gasteiger partial charge in [0.2, 0.25) is 10.0 Å². The Balaban J connectivity index is 1.35. The van der Waals surface area contributed by atoms with Crippen LogP contribution in [-0.2, 0) is 26.0 Å². The Morgan fingerprint density at radius 2 is 1.56 bits per heavy atom. The van der Waals surface area contributed by atoms with Crippen molar-refractivity contribution < 1.29 is 27.9 Å². The van der Waals surface area contributed by atoms with Crippen molar-refractivity contribution in [1.82, 2.24) is 19.5 Å². The second-order valence-corrected chi connectivity index (χ2v) is 14.2. The van der Waals surface area contributed by atoms with E-state index in [0.29, 0.717) is 30.8 Å². The molecule has 0 spiro atoms. The Hall–Kier alpha value is -2.97. The van der Waals surface area contributed by atoms with Crippen molar-refractivity contribution in [2.24, 2.45) is 0 Å². The first-order chi connectivity index (χ1) is 21.3. The highest BCUT2D eigenvalue weighted by Crippen LogP contribution is 2.41. The van der Waals surface area contributed by atoms with Gasteiger partial charge in [-0.2, -0.15) is 4.31 Å². The molecule has 3 aromatic rings. The van der Waals surface area contributed by atoms with Crippen LogP contribution in [0.1, 0.15) is 35.2 Å². The quantitative estimate of drug-likeness (QED) is 0.267. The van der Waals surface area contributed by atoms with Crippen LogP contribution in [0.5, 0.6) is 0 Å². The van der Waals surface area contributed by atoms with E-state index in [1.807, 2.05) is 0 Å². The number of aliphatic carboxylic acids is 1. The third kappa shape index (κ3) is 6.78. The fourth-order valence-electron chi connectivity index (χ4n) is 5.53. The predicted octanol–water partition coefficient (Wildman–Crippen LogP) is 4.95. The largest absolute Gasteiger partial charge is 0.480 e. The summed E-state index contributed by atoms with van der Waals surface area (Å²) in [6, 6.07) is 8.92. The number of carbonyl (C=O) groups excluding carboxylic acids is 2. The highest BCUT2D eigenvalue weighted by Gasteiger charge is 2.58. The number of carboxylic acid groups (broad SMARTS) is 1. The zero-order valence-electron chi connectivity index (χ0n) is 23.5. The fraction of sp³-hybridized carbons (Fsp3) is 0.310. The molecule has 0 aliphatic carbocycles. The number of carboxylic acids is 1. The summed E-state index contributed by atoms with van der Waals surface area (Å²) in [5.74, 6) is -2.57. The zero-order chi connectivity index (χ0) is 32.5. The summed E-state index contributed by atoms with van der Waals surface area (Å²) in [5.41, 5.74) is -0.622. The lowest BCUT2D eigenvalue weighted by atomic mass is 9.98. The fourth-order valence-corrected chi connectivity index (χ4v) is 8.59. The molecule has 238 valence electrons. The van der Waals surface area contributed by atoms with Gasteiger partial charge in [-0.15, -0.1) is 0 Å². The maximum Gasteiger partial charge on any atom is 0.326 e. The smallest absolute Gasteiger partial charge is 0.326 e. The molecule has 2 amide bonds. The van der Waals surface area contributed by atoms with Crippen molar-refractivity contribution in [3.05, 3.63) is 86.1 Å². The number of amides is 2. The van der Waals surface area contributed by atoms with Crippen LogP contribution >= 0.6 is 46.4 Å². The predicted molar refractivity (Wildman–Crippen MR) is 170 cm³/mol. The molecule has 0 bridgehead atoms. The Morgan fingerprint density at radius 1 is 0.933 bits per heavy atom. The molecule has 2 aliphatic rings. The zero-order valence-corrected chi connectivity index (χ0v) is 27.3. The SMILES string of the molecule is O=C(Nc1ccc(CC(NC(=O)C2(N3CCC3)CCCN2S(=O)(=O)c2cc(Cl)cc(Cl)c2)C(=O)O)cc1)c1c(Cl)cncc1Cl. The third-order valence-electron chi connectivity index (χ3n) is 7.80. The monoisotopic (exact) mass is 713 g/mol. The van der Waals surface area contributed by atoms with E-state index in [9.17, 15) is 27.9 Å². The van der Waals surface area contributed by atoms with Crippen LogP contribution in [0.25, 0.3) is 0 Å². The lowest BCUT2D eigenvalue weighted by molar-refractivity contribution is -0.150. The molecule has 2 aromatic carbocycles. The average molecular weight is 715 g/mol. The van der Waals surface area contributed by atoms with Crippen molar-refractivity contribution >= 4 is 79.9 Å². The summed E-state index contributed by atoms with van der Waals surface area (Å²) in [6.45, 7) is 0.990. The van der Waals surface area contributed by atoms with Crippen molar-refractivity contribution in [3.8, 4) is 0 Å². The molecule has 0 saturated carbocycles. The molecule has 2 fully saturated rings. The number of benzene rings is 2. The Kier molecular flexibility index (Phi) is 9.95. The molecule has 16 heteroatoms. The van der Waals surface area contributed by atoms with Crippen LogP contribution < -0.4 is 10.6 Å². The van der Waals surface area contributed by atoms with E-state index in [1.165, 1.54) is 30.6 Å². The molecule has 2 saturated heterocycles. The molecule has 2 aliphatic heterocycles. The summed E-state index contributed by atoms with van der Waals surface area (Å²) in [5, 5.41) is 15.8. The van der Waals surface area contributed by atoms with Gasteiger partial charge in [-0.05, 0) is 55.2 Å². The normalized spacial score (nSPS) is 19.5. The van der Waals surface area contributed by atoms with Gasteiger partial charge in [0.25, 0.3) is 11.8 Å². The second kappa shape index (κ2) is 13.4. The second-order valence-electron chi connectivity index (χ2n) is 10.6. The van der Waals surface area contributed by atoms with Crippen LogP contribution in [0.2, 0.25) is 20.1 Å². The number of nitrogens with one attached hydrogen (secondary N) is 2. The average Bonchev–Trinajstić information content (AvgIpc) is 3.38. The Bertz CT molecular complexity index is 1720. The van der Waals surface area contributed by atoms with Gasteiger partial charge >= 0.3 is 5.97 Å². The topological polar surface area (TPSA) is 149 Å². The molecular formula is C29H27Cl4N5O6S. The van der Waals surface area contributed by atoms with Crippen molar-refractivity contribution in [1.29, 1.82) is 0 Å². The Labute approximate surface area is 279 Å². The summed E-state index contributed by atoms with van der Waals surface area (Å²) >= 11 is 24.3. The van der Waals surface area contributed by atoms with Crippen LogP contribution in [0.3, 0.4) is 0 Å². The van der Waals surface area contributed by atoms with E-state index in [4.69, 9.17) is 46.4 Å². The van der Waals surface area contributed by atoms with E-state index in [-0.39, 0.29) is 49.9 Å². The lowest BCUT2D eigenvalue weighted by Gasteiger charge is -2.49. The van der Waals surface area contributed by atoms with Crippen LogP contribution in [0.4, 0.5) is 5.69 Å². The summed E-state index contributed by atoms with van der Waals surface area (Å²) < 4.78 is 28.9. The van der Waals surface area contributed by atoms with E-state index in [2.05, 4.69) is 15.6 Å². The number of halogens is 4. The number of anilines is 1. The standard InChI is InChI=1S/C29H27Cl4N5O6S/c30-18-12-19(31)14-21(13-18)45(43,44)38-10-1-7-29(38,37-8-2-9-37)28(42)36-24(27(40)41)11-17-3-5-20(6-4-17)35-26(39)25-22(32)15-34-16-23(25)33/h3-6,12-16,24H,1-2,7-11H2,(H,35,39)(H,36,42)(H,40,41). The van der Waals surface area contributed by atoms with Crippen LogP contribution in [-0.4, -0.2) is 76.8 Å². The van der Waals surface area contributed by atoms with Gasteiger partial charge in [0.1, 0.15) is 6.04 Å². The van der Waals surface area contributed by atoms with Crippen LogP contribution in [0.15, 0.2) is 59.8 Å². The molecule has 3 N–H and O–H groups in total. The summed E-state index contributed by atoms with van der Waals surface area (Å²) in [4.78, 5) is 44.5. The molecule has 5 rings (SSSR count). The maximum atomic E-state index is 14.0. The summed E-state index contributed by atoms with van der Waals surface area (Å²) in [6.07, 6.45) is 3.81. The van der Waals surface area contributed by atoms with Gasteiger partial charge in [-0.3, -0.25) is 19.5 Å². The highest BCUT2D eigenvalue weighted by molar-refractivity contribution is 7.89. The first kappa shape index (κ1) is 33.4. The minimum Gasteiger partial charge on any atom is -0.480 e. The van der Waals surface area contributed by atoms with Crippen LogP contribution in [0, 0.1) is 0 Å². The first-order valence-corrected chi connectivity index (χ1v) is 16.7. The van der Waals surface area contributed by atoms with E-state index < -0.39 is 39.5 Å².